The van der Waals surface area contributed by atoms with E-state index in [0.29, 0.717) is 17.3 Å². The topological polar surface area (TPSA) is 32.3 Å². The van der Waals surface area contributed by atoms with Crippen molar-refractivity contribution in [2.24, 2.45) is 0 Å². The van der Waals surface area contributed by atoms with Gasteiger partial charge in [-0.2, -0.15) is 0 Å². The third-order valence-corrected chi connectivity index (χ3v) is 3.52. The molecule has 0 aromatic heterocycles. The average Bonchev–Trinajstić information content (AvgIpc) is 2.18. The fourth-order valence-electron chi connectivity index (χ4n) is 1.98. The molecule has 1 aromatic carbocycles. The first-order valence-corrected chi connectivity index (χ1v) is 5.80. The first kappa shape index (κ1) is 11.0. The number of rotatable bonds is 1. The Hall–Kier alpha value is -0.450. The number of halogens is 2. The second-order valence-electron chi connectivity index (χ2n) is 3.91. The monoisotopic (exact) mass is 273 g/mol. The van der Waals surface area contributed by atoms with Crippen LogP contribution in [0, 0.1) is 5.82 Å². The largest absolute Gasteiger partial charge is 0.385 e. The second kappa shape index (κ2) is 4.20. The molecule has 0 atom stereocenters. The molecule has 2 N–H and O–H groups in total. The van der Waals surface area contributed by atoms with E-state index in [1.54, 1.807) is 6.07 Å². The Kier molecular flexibility index (Phi) is 3.09. The summed E-state index contributed by atoms with van der Waals surface area (Å²) in [7, 11) is 0. The minimum absolute atomic E-state index is 0.289. The van der Waals surface area contributed by atoms with E-state index >= 15 is 0 Å². The van der Waals surface area contributed by atoms with Crippen molar-refractivity contribution < 1.29 is 9.50 Å². The van der Waals surface area contributed by atoms with Crippen LogP contribution < -0.4 is 5.32 Å². The van der Waals surface area contributed by atoms with Crippen molar-refractivity contribution in [3.05, 3.63) is 34.1 Å². The van der Waals surface area contributed by atoms with Gasteiger partial charge < -0.3 is 10.4 Å². The Morgan fingerprint density at radius 1 is 1.33 bits per heavy atom. The predicted molar refractivity (Wildman–Crippen MR) is 60.1 cm³/mol. The number of hydrogen-bond acceptors (Lipinski definition) is 2. The molecule has 2 nitrogen and oxygen atoms in total. The zero-order valence-corrected chi connectivity index (χ0v) is 9.85. The molecule has 2 rings (SSSR count). The highest BCUT2D eigenvalue weighted by Crippen LogP contribution is 2.35. The third-order valence-electron chi connectivity index (χ3n) is 2.86. The van der Waals surface area contributed by atoms with Gasteiger partial charge in [0.15, 0.2) is 0 Å². The zero-order valence-electron chi connectivity index (χ0n) is 8.26. The van der Waals surface area contributed by atoms with Gasteiger partial charge in [-0.1, -0.05) is 22.0 Å². The number of piperidine rings is 1. The minimum atomic E-state index is -0.822. The maximum absolute atomic E-state index is 12.9. The van der Waals surface area contributed by atoms with E-state index in [2.05, 4.69) is 21.2 Å². The molecule has 82 valence electrons. The predicted octanol–water partition coefficient (Wildman–Crippen LogP) is 2.16. The van der Waals surface area contributed by atoms with Crippen LogP contribution in [0.5, 0.6) is 0 Å². The van der Waals surface area contributed by atoms with Crippen LogP contribution in [-0.4, -0.2) is 18.2 Å². The maximum atomic E-state index is 12.9. The Morgan fingerprint density at radius 3 is 2.60 bits per heavy atom. The highest BCUT2D eigenvalue weighted by atomic mass is 79.9. The van der Waals surface area contributed by atoms with E-state index in [1.807, 2.05) is 0 Å². The molecule has 1 saturated heterocycles. The van der Waals surface area contributed by atoms with Crippen LogP contribution in [-0.2, 0) is 5.60 Å². The summed E-state index contributed by atoms with van der Waals surface area (Å²) in [4.78, 5) is 0. The molecular weight excluding hydrogens is 261 g/mol. The summed E-state index contributed by atoms with van der Waals surface area (Å²) in [6.07, 6.45) is 1.33. The Balaban J connectivity index is 2.35. The van der Waals surface area contributed by atoms with Gasteiger partial charge in [-0.05, 0) is 43.6 Å². The zero-order chi connectivity index (χ0) is 10.9. The van der Waals surface area contributed by atoms with Gasteiger partial charge in [0, 0.05) is 4.47 Å². The molecule has 1 aliphatic heterocycles. The number of hydrogen-bond donors (Lipinski definition) is 2. The molecule has 0 aliphatic carbocycles. The van der Waals surface area contributed by atoms with Gasteiger partial charge in [-0.15, -0.1) is 0 Å². The van der Waals surface area contributed by atoms with E-state index in [9.17, 15) is 9.50 Å². The van der Waals surface area contributed by atoms with Crippen LogP contribution in [0.4, 0.5) is 4.39 Å². The molecule has 1 heterocycles. The van der Waals surface area contributed by atoms with Crippen molar-refractivity contribution >= 4 is 15.9 Å². The summed E-state index contributed by atoms with van der Waals surface area (Å²) < 4.78 is 13.6. The Morgan fingerprint density at radius 2 is 2.00 bits per heavy atom. The summed E-state index contributed by atoms with van der Waals surface area (Å²) in [5.41, 5.74) is -0.0389. The van der Waals surface area contributed by atoms with Crippen molar-refractivity contribution in [3.8, 4) is 0 Å². The Bertz CT molecular complexity index is 364. The summed E-state index contributed by atoms with van der Waals surface area (Å²) >= 11 is 3.30. The molecule has 0 saturated carbocycles. The molecule has 0 unspecified atom stereocenters. The van der Waals surface area contributed by atoms with Crippen molar-refractivity contribution in [2.75, 3.05) is 13.1 Å². The van der Waals surface area contributed by atoms with Crippen molar-refractivity contribution in [1.82, 2.24) is 5.32 Å². The van der Waals surface area contributed by atoms with Gasteiger partial charge in [0.05, 0.1) is 5.60 Å². The lowest BCUT2D eigenvalue weighted by atomic mass is 9.85. The lowest BCUT2D eigenvalue weighted by Gasteiger charge is -2.33. The van der Waals surface area contributed by atoms with Crippen LogP contribution in [0.3, 0.4) is 0 Å². The van der Waals surface area contributed by atoms with Crippen LogP contribution >= 0.6 is 15.9 Å². The smallest absolute Gasteiger partial charge is 0.124 e. The van der Waals surface area contributed by atoms with Crippen molar-refractivity contribution in [2.45, 2.75) is 18.4 Å². The maximum Gasteiger partial charge on any atom is 0.124 e. The van der Waals surface area contributed by atoms with E-state index in [4.69, 9.17) is 0 Å². The summed E-state index contributed by atoms with van der Waals surface area (Å²) in [5.74, 6) is -0.289. The molecule has 1 aliphatic rings. The summed E-state index contributed by atoms with van der Waals surface area (Å²) in [6, 6.07) is 4.44. The van der Waals surface area contributed by atoms with Crippen molar-refractivity contribution in [3.63, 3.8) is 0 Å². The van der Waals surface area contributed by atoms with E-state index < -0.39 is 5.60 Å². The minimum Gasteiger partial charge on any atom is -0.385 e. The van der Waals surface area contributed by atoms with Gasteiger partial charge in [0.2, 0.25) is 0 Å². The molecule has 1 aromatic rings. The quantitative estimate of drug-likeness (QED) is 0.822. The first-order valence-electron chi connectivity index (χ1n) is 5.00. The van der Waals surface area contributed by atoms with Gasteiger partial charge in [0.1, 0.15) is 5.82 Å². The van der Waals surface area contributed by atoms with Gasteiger partial charge >= 0.3 is 0 Å². The normalized spacial score (nSPS) is 20.2. The highest BCUT2D eigenvalue weighted by Gasteiger charge is 2.32. The van der Waals surface area contributed by atoms with Crippen molar-refractivity contribution in [1.29, 1.82) is 0 Å². The van der Waals surface area contributed by atoms with E-state index in [0.717, 1.165) is 18.7 Å². The Labute approximate surface area is 96.6 Å². The van der Waals surface area contributed by atoms with Crippen LogP contribution in [0.2, 0.25) is 0 Å². The van der Waals surface area contributed by atoms with Gasteiger partial charge in [-0.25, -0.2) is 4.39 Å². The average molecular weight is 274 g/mol. The molecular formula is C11H13BrFNO. The molecule has 1 fully saturated rings. The molecule has 15 heavy (non-hydrogen) atoms. The van der Waals surface area contributed by atoms with Gasteiger partial charge in [0.25, 0.3) is 0 Å². The standard InChI is InChI=1S/C11H13BrFNO/c12-10-7-8(13)1-2-9(10)11(15)3-5-14-6-4-11/h1-2,7,14-15H,3-6H2. The number of benzene rings is 1. The van der Waals surface area contributed by atoms with E-state index in [1.165, 1.54) is 12.1 Å². The molecule has 0 radical (unpaired) electrons. The fraction of sp³-hybridized carbons (Fsp3) is 0.455. The second-order valence-corrected chi connectivity index (χ2v) is 4.76. The molecule has 0 amide bonds. The molecule has 0 bridgehead atoms. The third kappa shape index (κ3) is 2.22. The van der Waals surface area contributed by atoms with Crippen LogP contribution in [0.1, 0.15) is 18.4 Å². The number of nitrogens with one attached hydrogen (secondary N) is 1. The lowest BCUT2D eigenvalue weighted by Crippen LogP contribution is -2.39. The van der Waals surface area contributed by atoms with Crippen LogP contribution in [0.15, 0.2) is 22.7 Å². The van der Waals surface area contributed by atoms with E-state index in [-0.39, 0.29) is 5.82 Å². The SMILES string of the molecule is OC1(c2ccc(F)cc2Br)CCNCC1. The lowest BCUT2D eigenvalue weighted by molar-refractivity contribution is 0.00522. The van der Waals surface area contributed by atoms with Gasteiger partial charge in [-0.3, -0.25) is 0 Å². The summed E-state index contributed by atoms with van der Waals surface area (Å²) in [6.45, 7) is 1.58. The number of aliphatic hydroxyl groups is 1. The molecule has 4 heteroatoms. The first-order chi connectivity index (χ1) is 7.12. The summed E-state index contributed by atoms with van der Waals surface area (Å²) in [5, 5.41) is 13.6. The van der Waals surface area contributed by atoms with Crippen LogP contribution in [0.25, 0.3) is 0 Å². The molecule has 0 spiro atoms. The fourth-order valence-corrected chi connectivity index (χ4v) is 2.70. The highest BCUT2D eigenvalue weighted by molar-refractivity contribution is 9.10.